The van der Waals surface area contributed by atoms with Gasteiger partial charge in [0, 0.05) is 0 Å². The minimum absolute atomic E-state index is 0.156. The number of hydrogen-bond donors (Lipinski definition) is 0. The van der Waals surface area contributed by atoms with Crippen LogP contribution in [0.1, 0.15) is 34.6 Å². The average Bonchev–Trinajstić information content (AvgIpc) is 2.78. The van der Waals surface area contributed by atoms with Gasteiger partial charge in [-0.25, -0.2) is 4.79 Å². The Kier molecular flexibility index (Phi) is 4.36. The van der Waals surface area contributed by atoms with E-state index < -0.39 is 48.1 Å². The van der Waals surface area contributed by atoms with Crippen LogP contribution in [0.5, 0.6) is 0 Å². The summed E-state index contributed by atoms with van der Waals surface area (Å²) in [7, 11) is 0. The van der Waals surface area contributed by atoms with E-state index in [0.29, 0.717) is 0 Å². The van der Waals surface area contributed by atoms with Crippen molar-refractivity contribution < 1.29 is 38.0 Å². The summed E-state index contributed by atoms with van der Waals surface area (Å²) in [6, 6.07) is 0. The van der Waals surface area contributed by atoms with Crippen molar-refractivity contribution in [2.45, 2.75) is 70.6 Å². The maximum Gasteiger partial charge on any atom is 0.509 e. The molecule has 136 valence electrons. The monoisotopic (exact) mass is 344 g/mol. The van der Waals surface area contributed by atoms with E-state index >= 15 is 0 Å². The SMILES string of the molecule is CCOC(=O)O[C@H]1C(=O)[C@H]2COC(C)(C)O[C@H]2[C@@H]2OC(C)(C)O[C@@H]21. The molecule has 2 aliphatic heterocycles. The molecule has 1 saturated carbocycles. The van der Waals surface area contributed by atoms with Gasteiger partial charge in [-0.2, -0.15) is 0 Å². The van der Waals surface area contributed by atoms with Gasteiger partial charge in [-0.15, -0.1) is 0 Å². The molecule has 0 bridgehead atoms. The first kappa shape index (κ1) is 17.6. The fourth-order valence-corrected chi connectivity index (χ4v) is 3.43. The van der Waals surface area contributed by atoms with Crippen LogP contribution >= 0.6 is 0 Å². The van der Waals surface area contributed by atoms with Gasteiger partial charge in [-0.1, -0.05) is 0 Å². The summed E-state index contributed by atoms with van der Waals surface area (Å²) in [6.07, 6.45) is -3.81. The van der Waals surface area contributed by atoms with Crippen LogP contribution in [-0.4, -0.2) is 61.1 Å². The van der Waals surface area contributed by atoms with Crippen LogP contribution < -0.4 is 0 Å². The molecule has 5 atom stereocenters. The van der Waals surface area contributed by atoms with Crippen LogP contribution in [0, 0.1) is 5.92 Å². The Morgan fingerprint density at radius 2 is 1.71 bits per heavy atom. The Bertz CT molecular complexity index is 528. The summed E-state index contributed by atoms with van der Waals surface area (Å²) in [5, 5.41) is 0. The molecule has 3 rings (SSSR count). The third-order valence-corrected chi connectivity index (χ3v) is 4.34. The van der Waals surface area contributed by atoms with Crippen molar-refractivity contribution in [1.82, 2.24) is 0 Å². The summed E-state index contributed by atoms with van der Waals surface area (Å²) in [6.45, 7) is 9.05. The summed E-state index contributed by atoms with van der Waals surface area (Å²) < 4.78 is 33.3. The highest BCUT2D eigenvalue weighted by atomic mass is 16.8. The number of ketones is 1. The first-order valence-electron chi connectivity index (χ1n) is 8.18. The standard InChI is InChI=1S/C16H24O8/c1-6-19-14(18)21-11-9(17)8-7-20-15(2,3)22-10(8)12-13(11)24-16(4,5)23-12/h8,10-13H,6-7H2,1-5H3/t8-,10-,11+,12+,13-/m1/s1. The molecule has 0 aromatic rings. The van der Waals surface area contributed by atoms with Crippen LogP contribution in [0.3, 0.4) is 0 Å². The quantitative estimate of drug-likeness (QED) is 0.695. The van der Waals surface area contributed by atoms with E-state index in [1.54, 1.807) is 34.6 Å². The fourth-order valence-electron chi connectivity index (χ4n) is 3.43. The molecule has 0 spiro atoms. The minimum atomic E-state index is -1.11. The number of carbonyl (C=O) groups excluding carboxylic acids is 2. The van der Waals surface area contributed by atoms with Crippen LogP contribution in [0.4, 0.5) is 4.79 Å². The summed E-state index contributed by atoms with van der Waals surface area (Å²) >= 11 is 0. The van der Waals surface area contributed by atoms with Gasteiger partial charge in [0.25, 0.3) is 0 Å². The fraction of sp³-hybridized carbons (Fsp3) is 0.875. The molecule has 8 nitrogen and oxygen atoms in total. The highest BCUT2D eigenvalue weighted by molar-refractivity contribution is 5.89. The zero-order valence-corrected chi connectivity index (χ0v) is 14.6. The van der Waals surface area contributed by atoms with Gasteiger partial charge in [0.1, 0.15) is 18.3 Å². The highest BCUT2D eigenvalue weighted by Gasteiger charge is 2.62. The van der Waals surface area contributed by atoms with Gasteiger partial charge in [-0.3, -0.25) is 4.79 Å². The van der Waals surface area contributed by atoms with E-state index in [1.165, 1.54) is 0 Å². The number of ether oxygens (including phenoxy) is 6. The molecule has 0 unspecified atom stereocenters. The largest absolute Gasteiger partial charge is 0.509 e. The van der Waals surface area contributed by atoms with Gasteiger partial charge in [0.2, 0.25) is 0 Å². The average molecular weight is 344 g/mol. The lowest BCUT2D eigenvalue weighted by Gasteiger charge is -2.47. The van der Waals surface area contributed by atoms with Crippen molar-refractivity contribution in [2.75, 3.05) is 13.2 Å². The molecular formula is C16H24O8. The molecule has 0 aromatic carbocycles. The van der Waals surface area contributed by atoms with Crippen molar-refractivity contribution in [3.63, 3.8) is 0 Å². The molecule has 1 aliphatic carbocycles. The van der Waals surface area contributed by atoms with Gasteiger partial charge in [0.15, 0.2) is 23.5 Å². The molecule has 2 heterocycles. The second-order valence-electron chi connectivity index (χ2n) is 7.09. The van der Waals surface area contributed by atoms with Crippen LogP contribution in [0.25, 0.3) is 0 Å². The first-order chi connectivity index (χ1) is 11.1. The van der Waals surface area contributed by atoms with Gasteiger partial charge < -0.3 is 28.4 Å². The third-order valence-electron chi connectivity index (χ3n) is 4.34. The first-order valence-corrected chi connectivity index (χ1v) is 8.18. The molecular weight excluding hydrogens is 320 g/mol. The summed E-state index contributed by atoms with van der Waals surface area (Å²) in [5.41, 5.74) is 0. The Labute approximate surface area is 140 Å². The van der Waals surface area contributed by atoms with E-state index in [2.05, 4.69) is 0 Å². The van der Waals surface area contributed by atoms with E-state index in [9.17, 15) is 9.59 Å². The molecule has 0 amide bonds. The molecule has 8 heteroatoms. The normalized spacial score (nSPS) is 39.7. The summed E-state index contributed by atoms with van der Waals surface area (Å²) in [5.74, 6) is -2.62. The van der Waals surface area contributed by atoms with Crippen LogP contribution in [-0.2, 0) is 33.2 Å². The lowest BCUT2D eigenvalue weighted by Crippen LogP contribution is -2.64. The lowest BCUT2D eigenvalue weighted by atomic mass is 9.79. The van der Waals surface area contributed by atoms with Crippen molar-refractivity contribution in [1.29, 1.82) is 0 Å². The van der Waals surface area contributed by atoms with Crippen LogP contribution in [0.15, 0.2) is 0 Å². The molecule has 3 aliphatic rings. The zero-order valence-electron chi connectivity index (χ0n) is 14.6. The van der Waals surface area contributed by atoms with Crippen molar-refractivity contribution >= 4 is 11.9 Å². The van der Waals surface area contributed by atoms with Crippen molar-refractivity contribution in [3.8, 4) is 0 Å². The maximum absolute atomic E-state index is 12.8. The molecule has 0 aromatic heterocycles. The van der Waals surface area contributed by atoms with Crippen molar-refractivity contribution in [2.24, 2.45) is 5.92 Å². The Balaban J connectivity index is 1.87. The van der Waals surface area contributed by atoms with E-state index in [4.69, 9.17) is 28.4 Å². The highest BCUT2D eigenvalue weighted by Crippen LogP contribution is 2.43. The Morgan fingerprint density at radius 3 is 2.38 bits per heavy atom. The minimum Gasteiger partial charge on any atom is -0.435 e. The molecule has 0 radical (unpaired) electrons. The molecule has 2 saturated heterocycles. The lowest BCUT2D eigenvalue weighted by molar-refractivity contribution is -0.313. The number of fused-ring (bicyclic) bond motifs is 3. The smallest absolute Gasteiger partial charge is 0.435 e. The van der Waals surface area contributed by atoms with Gasteiger partial charge in [-0.05, 0) is 34.6 Å². The predicted molar refractivity (Wildman–Crippen MR) is 79.1 cm³/mol. The Morgan fingerprint density at radius 1 is 1.08 bits per heavy atom. The number of Topliss-reactive ketones (excluding diaryl/α,β-unsaturated/α-hetero) is 1. The second-order valence-corrected chi connectivity index (χ2v) is 7.09. The van der Waals surface area contributed by atoms with Gasteiger partial charge in [0.05, 0.1) is 19.1 Å². The summed E-state index contributed by atoms with van der Waals surface area (Å²) in [4.78, 5) is 24.6. The van der Waals surface area contributed by atoms with E-state index in [1.807, 2.05) is 0 Å². The zero-order chi connectivity index (χ0) is 17.7. The Hall–Kier alpha value is -1.22. The number of carbonyl (C=O) groups is 2. The maximum atomic E-state index is 12.8. The van der Waals surface area contributed by atoms with E-state index in [0.717, 1.165) is 0 Å². The van der Waals surface area contributed by atoms with Gasteiger partial charge >= 0.3 is 6.16 Å². The van der Waals surface area contributed by atoms with E-state index in [-0.39, 0.29) is 19.0 Å². The molecule has 3 fully saturated rings. The number of rotatable bonds is 2. The van der Waals surface area contributed by atoms with Crippen molar-refractivity contribution in [3.05, 3.63) is 0 Å². The van der Waals surface area contributed by atoms with Crippen LogP contribution in [0.2, 0.25) is 0 Å². The topological polar surface area (TPSA) is 89.5 Å². The third kappa shape index (κ3) is 3.15. The molecule has 24 heavy (non-hydrogen) atoms. The molecule has 0 N–H and O–H groups in total. The predicted octanol–water partition coefficient (Wildman–Crippen LogP) is 1.40. The number of hydrogen-bond acceptors (Lipinski definition) is 8. The second kappa shape index (κ2) is 5.94.